The maximum absolute atomic E-state index is 9.44. The molecule has 0 bridgehead atoms. The first-order valence-corrected chi connectivity index (χ1v) is 6.77. The van der Waals surface area contributed by atoms with Crippen molar-refractivity contribution < 1.29 is 5.11 Å². The molecule has 0 amide bonds. The van der Waals surface area contributed by atoms with Crippen LogP contribution in [0.5, 0.6) is 0 Å². The van der Waals surface area contributed by atoms with Crippen LogP contribution >= 0.6 is 11.6 Å². The first-order valence-electron chi connectivity index (χ1n) is 6.39. The average molecular weight is 269 g/mol. The molecule has 2 unspecified atom stereocenters. The van der Waals surface area contributed by atoms with Crippen LogP contribution in [-0.2, 0) is 6.61 Å². The molecule has 4 heteroatoms. The Labute approximate surface area is 114 Å². The summed E-state index contributed by atoms with van der Waals surface area (Å²) in [6.45, 7) is 6.45. The van der Waals surface area contributed by atoms with Gasteiger partial charge in [0.1, 0.15) is 0 Å². The van der Waals surface area contributed by atoms with Gasteiger partial charge in [-0.1, -0.05) is 17.7 Å². The van der Waals surface area contributed by atoms with Crippen molar-refractivity contribution in [2.45, 2.75) is 32.5 Å². The summed E-state index contributed by atoms with van der Waals surface area (Å²) in [5.74, 6) is 0. The van der Waals surface area contributed by atoms with Gasteiger partial charge in [-0.3, -0.25) is 4.90 Å². The van der Waals surface area contributed by atoms with E-state index in [4.69, 9.17) is 11.6 Å². The Morgan fingerprint density at radius 1 is 1.28 bits per heavy atom. The zero-order valence-electron chi connectivity index (χ0n) is 11.2. The summed E-state index contributed by atoms with van der Waals surface area (Å²) in [7, 11) is 2.16. The number of rotatable bonds is 2. The molecule has 1 aromatic carbocycles. The molecule has 0 aliphatic carbocycles. The van der Waals surface area contributed by atoms with Gasteiger partial charge < -0.3 is 10.0 Å². The smallest absolute Gasteiger partial charge is 0.0702 e. The molecule has 100 valence electrons. The van der Waals surface area contributed by atoms with Crippen molar-refractivity contribution in [3.63, 3.8) is 0 Å². The predicted octanol–water partition coefficient (Wildman–Crippen LogP) is 2.36. The number of likely N-dealkylation sites (N-methyl/N-ethyl adjacent to an activating group) is 1. The van der Waals surface area contributed by atoms with Gasteiger partial charge in [-0.25, -0.2) is 0 Å². The molecular weight excluding hydrogens is 248 g/mol. The van der Waals surface area contributed by atoms with E-state index in [0.29, 0.717) is 12.1 Å². The molecular formula is C14H21ClN2O. The normalized spacial score (nSPS) is 25.5. The van der Waals surface area contributed by atoms with E-state index in [9.17, 15) is 5.11 Å². The van der Waals surface area contributed by atoms with Gasteiger partial charge in [-0.05, 0) is 33.0 Å². The minimum atomic E-state index is 0.0571. The highest BCUT2D eigenvalue weighted by Gasteiger charge is 2.27. The van der Waals surface area contributed by atoms with Crippen LogP contribution in [-0.4, -0.2) is 42.2 Å². The van der Waals surface area contributed by atoms with E-state index in [1.807, 2.05) is 18.2 Å². The maximum Gasteiger partial charge on any atom is 0.0702 e. The van der Waals surface area contributed by atoms with Crippen molar-refractivity contribution >= 4 is 17.3 Å². The van der Waals surface area contributed by atoms with Gasteiger partial charge in [0, 0.05) is 41.4 Å². The van der Waals surface area contributed by atoms with Crippen LogP contribution < -0.4 is 4.90 Å². The Morgan fingerprint density at radius 3 is 2.44 bits per heavy atom. The van der Waals surface area contributed by atoms with Crippen molar-refractivity contribution in [2.75, 3.05) is 25.0 Å². The molecule has 1 fully saturated rings. The molecule has 3 nitrogen and oxygen atoms in total. The minimum Gasteiger partial charge on any atom is -0.392 e. The van der Waals surface area contributed by atoms with Crippen molar-refractivity contribution in [3.8, 4) is 0 Å². The number of halogens is 1. The second-order valence-electron chi connectivity index (χ2n) is 5.20. The Kier molecular flexibility index (Phi) is 4.15. The predicted molar refractivity (Wildman–Crippen MR) is 76.3 cm³/mol. The summed E-state index contributed by atoms with van der Waals surface area (Å²) >= 11 is 6.08. The molecule has 0 radical (unpaired) electrons. The maximum atomic E-state index is 9.44. The highest BCUT2D eigenvalue weighted by molar-refractivity contribution is 6.30. The molecule has 1 saturated heterocycles. The van der Waals surface area contributed by atoms with Crippen LogP contribution in [0.2, 0.25) is 5.02 Å². The van der Waals surface area contributed by atoms with Crippen molar-refractivity contribution in [2.24, 2.45) is 0 Å². The zero-order valence-corrected chi connectivity index (χ0v) is 12.0. The Bertz CT molecular complexity index is 412. The van der Waals surface area contributed by atoms with Crippen molar-refractivity contribution in [1.29, 1.82) is 0 Å². The number of aliphatic hydroxyl groups excluding tert-OH is 1. The first-order chi connectivity index (χ1) is 8.52. The molecule has 2 atom stereocenters. The lowest BCUT2D eigenvalue weighted by atomic mass is 10.1. The first kappa shape index (κ1) is 13.7. The fraction of sp³-hybridized carbons (Fsp3) is 0.571. The summed E-state index contributed by atoms with van der Waals surface area (Å²) in [6, 6.07) is 6.70. The van der Waals surface area contributed by atoms with E-state index in [1.54, 1.807) is 0 Å². The highest BCUT2D eigenvalue weighted by atomic mass is 35.5. The van der Waals surface area contributed by atoms with E-state index in [1.165, 1.54) is 0 Å². The molecule has 18 heavy (non-hydrogen) atoms. The van der Waals surface area contributed by atoms with Gasteiger partial charge in [0.2, 0.25) is 0 Å². The van der Waals surface area contributed by atoms with Gasteiger partial charge in [-0.2, -0.15) is 0 Å². The van der Waals surface area contributed by atoms with Crippen molar-refractivity contribution in [1.82, 2.24) is 4.90 Å². The van der Waals surface area contributed by atoms with E-state index in [0.717, 1.165) is 29.4 Å². The fourth-order valence-electron chi connectivity index (χ4n) is 2.57. The summed E-state index contributed by atoms with van der Waals surface area (Å²) in [6.07, 6.45) is 0. The molecule has 1 aromatic rings. The average Bonchev–Trinajstić information content (AvgIpc) is 2.35. The van der Waals surface area contributed by atoms with Crippen LogP contribution in [0.25, 0.3) is 0 Å². The van der Waals surface area contributed by atoms with Crippen LogP contribution in [0.1, 0.15) is 19.4 Å². The number of piperazine rings is 1. The summed E-state index contributed by atoms with van der Waals surface area (Å²) < 4.78 is 0. The second-order valence-corrected chi connectivity index (χ2v) is 5.64. The molecule has 2 rings (SSSR count). The monoisotopic (exact) mass is 268 g/mol. The molecule has 1 aliphatic heterocycles. The Hall–Kier alpha value is -0.770. The summed E-state index contributed by atoms with van der Waals surface area (Å²) in [5.41, 5.74) is 2.01. The van der Waals surface area contributed by atoms with E-state index >= 15 is 0 Å². The lowest BCUT2D eigenvalue weighted by Crippen LogP contribution is -2.55. The molecule has 1 N–H and O–H groups in total. The lowest BCUT2D eigenvalue weighted by Gasteiger charge is -2.44. The molecule has 0 aromatic heterocycles. The number of hydrogen-bond donors (Lipinski definition) is 1. The van der Waals surface area contributed by atoms with Crippen LogP contribution in [0.15, 0.2) is 18.2 Å². The largest absolute Gasteiger partial charge is 0.392 e. The zero-order chi connectivity index (χ0) is 13.3. The van der Waals surface area contributed by atoms with Gasteiger partial charge >= 0.3 is 0 Å². The third kappa shape index (κ3) is 2.63. The number of benzene rings is 1. The molecule has 0 saturated carbocycles. The Balaban J connectivity index is 2.28. The van der Waals surface area contributed by atoms with Crippen molar-refractivity contribution in [3.05, 3.63) is 28.8 Å². The third-order valence-corrected chi connectivity index (χ3v) is 4.15. The molecule has 1 aliphatic rings. The number of aliphatic hydroxyl groups is 1. The van der Waals surface area contributed by atoms with Gasteiger partial charge in [0.05, 0.1) is 6.61 Å². The SMILES string of the molecule is CC1CN(c2cc(Cl)ccc2CO)CC(C)N1C. The van der Waals surface area contributed by atoms with Gasteiger partial charge in [0.15, 0.2) is 0 Å². The van der Waals surface area contributed by atoms with Crippen LogP contribution in [0.4, 0.5) is 5.69 Å². The molecule has 1 heterocycles. The number of nitrogens with zero attached hydrogens (tertiary/aromatic N) is 2. The number of anilines is 1. The van der Waals surface area contributed by atoms with Gasteiger partial charge in [-0.15, -0.1) is 0 Å². The van der Waals surface area contributed by atoms with E-state index in [2.05, 4.69) is 30.7 Å². The van der Waals surface area contributed by atoms with Gasteiger partial charge in [0.25, 0.3) is 0 Å². The summed E-state index contributed by atoms with van der Waals surface area (Å²) in [5, 5.41) is 10.2. The summed E-state index contributed by atoms with van der Waals surface area (Å²) in [4.78, 5) is 4.71. The Morgan fingerprint density at radius 2 is 1.89 bits per heavy atom. The quantitative estimate of drug-likeness (QED) is 0.892. The fourth-order valence-corrected chi connectivity index (χ4v) is 2.73. The van der Waals surface area contributed by atoms with E-state index < -0.39 is 0 Å². The standard InChI is InChI=1S/C14H21ClN2O/c1-10-7-17(8-11(2)16(10)3)14-6-13(15)5-4-12(14)9-18/h4-6,10-11,18H,7-9H2,1-3H3. The second kappa shape index (κ2) is 5.47. The minimum absolute atomic E-state index is 0.0571. The highest BCUT2D eigenvalue weighted by Crippen LogP contribution is 2.28. The third-order valence-electron chi connectivity index (χ3n) is 3.92. The van der Waals surface area contributed by atoms with Crippen LogP contribution in [0, 0.1) is 0 Å². The van der Waals surface area contributed by atoms with E-state index in [-0.39, 0.29) is 6.61 Å². The van der Waals surface area contributed by atoms with Crippen LogP contribution in [0.3, 0.4) is 0 Å². The topological polar surface area (TPSA) is 26.7 Å². The molecule has 0 spiro atoms. The number of hydrogen-bond acceptors (Lipinski definition) is 3. The lowest BCUT2D eigenvalue weighted by molar-refractivity contribution is 0.169.